The highest BCUT2D eigenvalue weighted by Crippen LogP contribution is 2.49. The van der Waals surface area contributed by atoms with E-state index < -0.39 is 0 Å². The van der Waals surface area contributed by atoms with Crippen LogP contribution in [0.25, 0.3) is 28.2 Å². The molecule has 4 aromatic rings. The Morgan fingerprint density at radius 2 is 1.88 bits per heavy atom. The van der Waals surface area contributed by atoms with Crippen molar-refractivity contribution in [1.82, 2.24) is 29.5 Å². The summed E-state index contributed by atoms with van der Waals surface area (Å²) in [4.78, 5) is 21.4. The third-order valence-electron chi connectivity index (χ3n) is 7.40. The van der Waals surface area contributed by atoms with Gasteiger partial charge in [-0.2, -0.15) is 5.10 Å². The molecule has 0 unspecified atom stereocenters. The van der Waals surface area contributed by atoms with Crippen LogP contribution in [-0.2, 0) is 17.8 Å². The minimum Gasteiger partial charge on any atom is -0.359 e. The number of halogens is 1. The summed E-state index contributed by atoms with van der Waals surface area (Å²) in [5.41, 5.74) is 4.71. The van der Waals surface area contributed by atoms with Gasteiger partial charge < -0.3 is 9.88 Å². The lowest BCUT2D eigenvalue weighted by molar-refractivity contribution is -0.126. The number of carbonyl (C=O) groups is 1. The van der Waals surface area contributed by atoms with Crippen LogP contribution in [-0.4, -0.2) is 37.1 Å². The van der Waals surface area contributed by atoms with E-state index in [1.807, 2.05) is 12.3 Å². The highest BCUT2D eigenvalue weighted by Gasteiger charge is 2.44. The van der Waals surface area contributed by atoms with Gasteiger partial charge in [0.2, 0.25) is 5.91 Å². The Hall–Kier alpha value is -3.55. The normalized spacial score (nSPS) is 22.1. The molecule has 1 spiro atoms. The number of nitrogens with one attached hydrogen (secondary N) is 1. The van der Waals surface area contributed by atoms with Crippen molar-refractivity contribution in [2.24, 2.45) is 11.3 Å². The van der Waals surface area contributed by atoms with E-state index in [4.69, 9.17) is 4.98 Å². The van der Waals surface area contributed by atoms with Crippen LogP contribution < -0.4 is 5.32 Å². The molecule has 3 aromatic heterocycles. The Bertz CT molecular complexity index is 1350. The summed E-state index contributed by atoms with van der Waals surface area (Å²) in [6, 6.07) is 10.5. The number of aromatic nitrogens is 5. The van der Waals surface area contributed by atoms with Crippen LogP contribution in [0.5, 0.6) is 0 Å². The summed E-state index contributed by atoms with van der Waals surface area (Å²) in [6.45, 7) is 0.877. The van der Waals surface area contributed by atoms with Gasteiger partial charge in [0.05, 0.1) is 11.4 Å². The fourth-order valence-corrected chi connectivity index (χ4v) is 5.62. The van der Waals surface area contributed by atoms with Gasteiger partial charge in [-0.3, -0.25) is 4.79 Å². The van der Waals surface area contributed by atoms with Gasteiger partial charge in [-0.15, -0.1) is 0 Å². The molecule has 0 atom stereocenters. The van der Waals surface area contributed by atoms with E-state index in [0.29, 0.717) is 0 Å². The molecule has 0 radical (unpaired) electrons. The standard InChI is InChI=1S/C25H25FN6O/c1-27-24(33)17-8-10-25(11-9-17)12-21-30-22(16-2-5-19(26)6-3-16)23(31(21)14-25)18-4-7-20-28-15-29-32(20)13-18/h2-7,13,15,17H,8-12,14H2,1H3,(H,27,33). The van der Waals surface area contributed by atoms with Gasteiger partial charge in [0.1, 0.15) is 18.0 Å². The van der Waals surface area contributed by atoms with Crippen molar-refractivity contribution < 1.29 is 9.18 Å². The van der Waals surface area contributed by atoms with Crippen molar-refractivity contribution >= 4 is 11.6 Å². The Morgan fingerprint density at radius 3 is 2.64 bits per heavy atom. The van der Waals surface area contributed by atoms with E-state index in [-0.39, 0.29) is 23.1 Å². The number of nitrogens with zero attached hydrogens (tertiary/aromatic N) is 5. The molecule has 1 fully saturated rings. The topological polar surface area (TPSA) is 77.1 Å². The SMILES string of the molecule is CNC(=O)C1CCC2(CC1)Cc1nc(-c3ccc(F)cc3)c(-c3ccc4ncnn4c3)n1C2. The average Bonchev–Trinajstić information content (AvgIpc) is 3.52. The zero-order valence-corrected chi connectivity index (χ0v) is 18.5. The maximum Gasteiger partial charge on any atom is 0.222 e. The second kappa shape index (κ2) is 7.50. The Balaban J connectivity index is 1.41. The number of hydrogen-bond acceptors (Lipinski definition) is 4. The van der Waals surface area contributed by atoms with Gasteiger partial charge in [-0.1, -0.05) is 0 Å². The average molecular weight is 445 g/mol. The molecule has 33 heavy (non-hydrogen) atoms. The molecule has 1 saturated carbocycles. The van der Waals surface area contributed by atoms with Crippen LogP contribution in [0.3, 0.4) is 0 Å². The van der Waals surface area contributed by atoms with E-state index in [0.717, 1.165) is 72.6 Å². The zero-order valence-electron chi connectivity index (χ0n) is 18.5. The fourth-order valence-electron chi connectivity index (χ4n) is 5.62. The minimum absolute atomic E-state index is 0.109. The second-order valence-corrected chi connectivity index (χ2v) is 9.36. The summed E-state index contributed by atoms with van der Waals surface area (Å²) in [5.74, 6) is 1.06. The van der Waals surface area contributed by atoms with Gasteiger partial charge in [0.25, 0.3) is 0 Å². The van der Waals surface area contributed by atoms with E-state index in [9.17, 15) is 9.18 Å². The minimum atomic E-state index is -0.261. The summed E-state index contributed by atoms with van der Waals surface area (Å²) in [7, 11) is 1.72. The molecule has 1 aliphatic carbocycles. The molecule has 7 nitrogen and oxygen atoms in total. The van der Waals surface area contributed by atoms with Gasteiger partial charge in [-0.25, -0.2) is 18.9 Å². The molecule has 168 valence electrons. The van der Waals surface area contributed by atoms with Crippen molar-refractivity contribution in [3.8, 4) is 22.5 Å². The lowest BCUT2D eigenvalue weighted by atomic mass is 9.69. The van der Waals surface area contributed by atoms with E-state index >= 15 is 0 Å². The zero-order chi connectivity index (χ0) is 22.6. The molecule has 4 heterocycles. The van der Waals surface area contributed by atoms with E-state index in [1.54, 1.807) is 30.0 Å². The fraction of sp³-hybridized carbons (Fsp3) is 0.360. The number of imidazole rings is 1. The Labute approximate surface area is 190 Å². The molecule has 8 heteroatoms. The third-order valence-corrected chi connectivity index (χ3v) is 7.40. The molecule has 1 aliphatic heterocycles. The maximum absolute atomic E-state index is 13.6. The predicted octanol–water partition coefficient (Wildman–Crippen LogP) is 3.88. The van der Waals surface area contributed by atoms with Gasteiger partial charge in [0.15, 0.2) is 5.65 Å². The first-order valence-electron chi connectivity index (χ1n) is 11.4. The van der Waals surface area contributed by atoms with Crippen LogP contribution in [0.2, 0.25) is 0 Å². The molecule has 1 aromatic carbocycles. The number of carbonyl (C=O) groups excluding carboxylic acids is 1. The summed E-state index contributed by atoms with van der Waals surface area (Å²) in [5, 5.41) is 7.10. The summed E-state index contributed by atoms with van der Waals surface area (Å²) >= 11 is 0. The second-order valence-electron chi connectivity index (χ2n) is 9.36. The molecular weight excluding hydrogens is 419 g/mol. The highest BCUT2D eigenvalue weighted by molar-refractivity contribution is 5.80. The molecular formula is C25H25FN6O. The molecule has 1 N–H and O–H groups in total. The lowest BCUT2D eigenvalue weighted by Crippen LogP contribution is -2.35. The quantitative estimate of drug-likeness (QED) is 0.520. The number of fused-ring (bicyclic) bond motifs is 2. The number of amides is 1. The van der Waals surface area contributed by atoms with Crippen LogP contribution >= 0.6 is 0 Å². The first kappa shape index (κ1) is 20.1. The lowest BCUT2D eigenvalue weighted by Gasteiger charge is -2.36. The number of benzene rings is 1. The van der Waals surface area contributed by atoms with Crippen molar-refractivity contribution in [1.29, 1.82) is 0 Å². The van der Waals surface area contributed by atoms with E-state index in [1.165, 1.54) is 12.1 Å². The van der Waals surface area contributed by atoms with Crippen LogP contribution in [0, 0.1) is 17.2 Å². The molecule has 6 rings (SSSR count). The monoisotopic (exact) mass is 444 g/mol. The third kappa shape index (κ3) is 3.32. The number of hydrogen-bond donors (Lipinski definition) is 1. The van der Waals surface area contributed by atoms with Gasteiger partial charge in [0, 0.05) is 43.3 Å². The smallest absolute Gasteiger partial charge is 0.222 e. The van der Waals surface area contributed by atoms with Gasteiger partial charge in [-0.05, 0) is 67.5 Å². The van der Waals surface area contributed by atoms with Crippen molar-refractivity contribution in [3.63, 3.8) is 0 Å². The van der Waals surface area contributed by atoms with Crippen LogP contribution in [0.1, 0.15) is 31.5 Å². The first-order valence-corrected chi connectivity index (χ1v) is 11.4. The Kier molecular flexibility index (Phi) is 4.57. The molecule has 1 amide bonds. The largest absolute Gasteiger partial charge is 0.359 e. The van der Waals surface area contributed by atoms with Crippen molar-refractivity contribution in [2.45, 2.75) is 38.6 Å². The number of rotatable bonds is 3. The molecule has 0 bridgehead atoms. The van der Waals surface area contributed by atoms with Crippen molar-refractivity contribution in [3.05, 3.63) is 60.6 Å². The summed E-state index contributed by atoms with van der Waals surface area (Å²) < 4.78 is 17.7. The highest BCUT2D eigenvalue weighted by atomic mass is 19.1. The number of pyridine rings is 1. The summed E-state index contributed by atoms with van der Waals surface area (Å²) in [6.07, 6.45) is 8.27. The first-order chi connectivity index (χ1) is 16.0. The van der Waals surface area contributed by atoms with Crippen molar-refractivity contribution in [2.75, 3.05) is 7.05 Å². The molecule has 2 aliphatic rings. The van der Waals surface area contributed by atoms with Crippen LogP contribution in [0.15, 0.2) is 48.9 Å². The Morgan fingerprint density at radius 1 is 1.12 bits per heavy atom. The van der Waals surface area contributed by atoms with E-state index in [2.05, 4.69) is 26.0 Å². The van der Waals surface area contributed by atoms with Gasteiger partial charge >= 0.3 is 0 Å². The molecule has 0 saturated heterocycles. The van der Waals surface area contributed by atoms with Crippen LogP contribution in [0.4, 0.5) is 4.39 Å². The maximum atomic E-state index is 13.6. The predicted molar refractivity (Wildman–Crippen MR) is 122 cm³/mol.